The largest absolute Gasteiger partial charge is 3.00 e. The third-order valence-electron chi connectivity index (χ3n) is 1.09. The predicted molar refractivity (Wildman–Crippen MR) is 65.3 cm³/mol. The van der Waals surface area contributed by atoms with Crippen LogP contribution < -0.4 is 15.3 Å². The molecule has 0 aromatic rings. The molecule has 0 atom stereocenters. The minimum absolute atomic E-state index is 0. The quantitative estimate of drug-likeness (QED) is 0.300. The zero-order chi connectivity index (χ0) is 19.7. The van der Waals surface area contributed by atoms with Gasteiger partial charge >= 0.3 is 59.2 Å². The molecule has 0 radical (unpaired) electrons. The summed E-state index contributed by atoms with van der Waals surface area (Å²) in [6.07, 6.45) is 2.83. The monoisotopic (exact) mass is 486 g/mol. The van der Waals surface area contributed by atoms with Crippen molar-refractivity contribution in [2.75, 3.05) is 0 Å². The first-order chi connectivity index (χ1) is 10.9. The Morgan fingerprint density at radius 3 is 0.760 bits per heavy atom. The third-order valence-corrected chi connectivity index (χ3v) is 1.09. The molecule has 13 heteroatoms. The van der Waals surface area contributed by atoms with Crippen LogP contribution in [0.5, 0.6) is 0 Å². The minimum atomic E-state index is -1.55. The first-order valence-electron chi connectivity index (χ1n) is 5.24. The standard InChI is InChI=1S/3C4H4O4.Pr/c3*5-3(6)1-2-4(7)8;/h3*1-2H,(H,5,6)(H,7,8);/q;;;+3/p-3. The van der Waals surface area contributed by atoms with Crippen molar-refractivity contribution in [3.63, 3.8) is 0 Å². The zero-order valence-electron chi connectivity index (χ0n) is 12.1. The van der Waals surface area contributed by atoms with Gasteiger partial charge in [0.2, 0.25) is 0 Å². The third kappa shape index (κ3) is 52.4. The number of carboxylic acids is 6. The smallest absolute Gasteiger partial charge is 0.545 e. The van der Waals surface area contributed by atoms with Gasteiger partial charge in [-0.25, -0.2) is 14.4 Å². The number of aliphatic carboxylic acids is 6. The number of hydrogen-bond donors (Lipinski definition) is 3. The molecule has 0 fully saturated rings. The molecule has 0 aromatic carbocycles. The zero-order valence-corrected chi connectivity index (χ0v) is 15.8. The molecule has 0 spiro atoms. The van der Waals surface area contributed by atoms with Crippen LogP contribution in [0.15, 0.2) is 36.5 Å². The van der Waals surface area contributed by atoms with Crippen molar-refractivity contribution in [3.8, 4) is 0 Å². The molecule has 0 rings (SSSR count). The fourth-order valence-electron chi connectivity index (χ4n) is 0.418. The van der Waals surface area contributed by atoms with E-state index in [1.54, 1.807) is 0 Å². The van der Waals surface area contributed by atoms with Gasteiger partial charge in [-0.1, -0.05) is 0 Å². The Morgan fingerprint density at radius 1 is 0.480 bits per heavy atom. The molecule has 0 aliphatic heterocycles. The van der Waals surface area contributed by atoms with E-state index >= 15 is 0 Å². The van der Waals surface area contributed by atoms with Crippen molar-refractivity contribution in [3.05, 3.63) is 36.5 Å². The maximum atomic E-state index is 9.55. The van der Waals surface area contributed by atoms with Gasteiger partial charge in [-0.3, -0.25) is 0 Å². The molecule has 0 saturated carbocycles. The number of carbonyl (C=O) groups excluding carboxylic acids is 3. The number of rotatable bonds is 6. The van der Waals surface area contributed by atoms with Crippen LogP contribution in [0.2, 0.25) is 0 Å². The van der Waals surface area contributed by atoms with E-state index < -0.39 is 35.8 Å². The second-order valence-corrected chi connectivity index (χ2v) is 2.97. The van der Waals surface area contributed by atoms with E-state index in [1.165, 1.54) is 0 Å². The van der Waals surface area contributed by atoms with Gasteiger partial charge in [0.1, 0.15) is 0 Å². The molecule has 132 valence electrons. The van der Waals surface area contributed by atoms with E-state index in [1.807, 2.05) is 0 Å². The Kier molecular flexibility index (Phi) is 23.6. The van der Waals surface area contributed by atoms with Gasteiger partial charge < -0.3 is 45.0 Å². The van der Waals surface area contributed by atoms with Gasteiger partial charge in [0, 0.05) is 18.2 Å². The topological polar surface area (TPSA) is 232 Å². The van der Waals surface area contributed by atoms with Crippen molar-refractivity contribution in [2.24, 2.45) is 0 Å². The molecule has 0 saturated heterocycles. The van der Waals surface area contributed by atoms with E-state index in [2.05, 4.69) is 0 Å². The summed E-state index contributed by atoms with van der Waals surface area (Å²) in [6.45, 7) is 0. The fraction of sp³-hybridized carbons (Fsp3) is 0. The summed E-state index contributed by atoms with van der Waals surface area (Å²) >= 11 is 0. The molecular weight excluding hydrogens is 477 g/mol. The summed E-state index contributed by atoms with van der Waals surface area (Å²) in [5.74, 6) is -8.41. The molecule has 0 unspecified atom stereocenters. The van der Waals surface area contributed by atoms with Crippen LogP contribution in [-0.2, 0) is 28.8 Å². The van der Waals surface area contributed by atoms with Crippen molar-refractivity contribution < 1.29 is 101 Å². The summed E-state index contributed by atoms with van der Waals surface area (Å²) in [7, 11) is 0. The van der Waals surface area contributed by atoms with Crippen LogP contribution in [-0.4, -0.2) is 51.1 Å². The summed E-state index contributed by atoms with van der Waals surface area (Å²) in [4.78, 5) is 56.9. The first-order valence-corrected chi connectivity index (χ1v) is 5.24. The van der Waals surface area contributed by atoms with Gasteiger partial charge in [-0.05, 0) is 18.2 Å². The number of carboxylic acid groups (broad SMARTS) is 6. The van der Waals surface area contributed by atoms with Gasteiger partial charge in [0.25, 0.3) is 0 Å². The molecule has 0 heterocycles. The second kappa shape index (κ2) is 19.5. The van der Waals surface area contributed by atoms with Crippen LogP contribution in [0, 0.1) is 41.3 Å². The maximum Gasteiger partial charge on any atom is 3.00 e. The van der Waals surface area contributed by atoms with Gasteiger partial charge in [-0.2, -0.15) is 0 Å². The Morgan fingerprint density at radius 2 is 0.640 bits per heavy atom. The van der Waals surface area contributed by atoms with Gasteiger partial charge in [0.15, 0.2) is 0 Å². The minimum Gasteiger partial charge on any atom is -0.545 e. The molecule has 12 nitrogen and oxygen atoms in total. The van der Waals surface area contributed by atoms with Crippen LogP contribution in [0.3, 0.4) is 0 Å². The molecule has 25 heavy (non-hydrogen) atoms. The molecule has 3 N–H and O–H groups in total. The summed E-state index contributed by atoms with van der Waals surface area (Å²) in [5.41, 5.74) is 0. The van der Waals surface area contributed by atoms with E-state index in [-0.39, 0.29) is 41.3 Å². The van der Waals surface area contributed by atoms with Crippen molar-refractivity contribution >= 4 is 35.8 Å². The first kappa shape index (κ1) is 30.3. The van der Waals surface area contributed by atoms with E-state index in [0.29, 0.717) is 36.5 Å². The molecule has 0 aliphatic carbocycles. The number of hydrogen-bond acceptors (Lipinski definition) is 9. The van der Waals surface area contributed by atoms with Gasteiger partial charge in [-0.15, -0.1) is 0 Å². The molecule has 0 aromatic heterocycles. The average molecular weight is 486 g/mol. The Balaban J connectivity index is -0.000000130. The van der Waals surface area contributed by atoms with Crippen molar-refractivity contribution in [1.29, 1.82) is 0 Å². The van der Waals surface area contributed by atoms with Gasteiger partial charge in [0.05, 0.1) is 17.9 Å². The summed E-state index contributed by atoms with van der Waals surface area (Å²) in [6, 6.07) is 0. The molecular formula is C12H9O12Pr. The van der Waals surface area contributed by atoms with E-state index in [4.69, 9.17) is 15.3 Å². The Labute approximate surface area is 172 Å². The SMILES string of the molecule is O=C(O)C=CC(=O)O.O=C([O-])C=CC(=O)O.O=C([O-])C=CC(=O)[O-].[Pr+3]. The predicted octanol–water partition coefficient (Wildman–Crippen LogP) is -4.87. The molecule has 0 amide bonds. The molecule has 0 bridgehead atoms. The van der Waals surface area contributed by atoms with E-state index in [0.717, 1.165) is 0 Å². The summed E-state index contributed by atoms with van der Waals surface area (Å²) in [5, 5.41) is 51.7. The fourth-order valence-corrected chi connectivity index (χ4v) is 0.418. The Hall–Kier alpha value is -2.60. The van der Waals surface area contributed by atoms with Crippen LogP contribution >= 0.6 is 0 Å². The van der Waals surface area contributed by atoms with Crippen molar-refractivity contribution in [2.45, 2.75) is 0 Å². The van der Waals surface area contributed by atoms with E-state index in [9.17, 15) is 44.1 Å². The number of carbonyl (C=O) groups is 6. The second-order valence-electron chi connectivity index (χ2n) is 2.97. The summed E-state index contributed by atoms with van der Waals surface area (Å²) < 4.78 is 0. The van der Waals surface area contributed by atoms with Crippen LogP contribution in [0.1, 0.15) is 0 Å². The maximum absolute atomic E-state index is 9.55. The normalized spacial score (nSPS) is 9.12. The van der Waals surface area contributed by atoms with Crippen LogP contribution in [0.4, 0.5) is 0 Å². The Bertz CT molecular complexity index is 444. The molecule has 0 aliphatic rings. The van der Waals surface area contributed by atoms with Crippen LogP contribution in [0.25, 0.3) is 0 Å². The van der Waals surface area contributed by atoms with Crippen molar-refractivity contribution in [1.82, 2.24) is 0 Å². The average Bonchev–Trinajstić information content (AvgIpc) is 2.42.